The topological polar surface area (TPSA) is 38.5 Å². The first kappa shape index (κ1) is 10.9. The van der Waals surface area contributed by atoms with Gasteiger partial charge in [-0.3, -0.25) is 0 Å². The van der Waals surface area contributed by atoms with Crippen molar-refractivity contribution in [3.05, 3.63) is 23.8 Å². The molecule has 0 saturated carbocycles. The molecule has 0 unspecified atom stereocenters. The van der Waals surface area contributed by atoms with Crippen molar-refractivity contribution in [1.29, 1.82) is 0 Å². The first-order valence-electron chi connectivity index (χ1n) is 4.70. The van der Waals surface area contributed by atoms with E-state index in [9.17, 15) is 0 Å². The molecule has 0 aliphatic rings. The number of benzene rings is 1. The maximum atomic E-state index is 5.88. The molecule has 0 spiro atoms. The second-order valence-electron chi connectivity index (χ2n) is 3.62. The molecule has 1 rings (SSSR count). The molecule has 2 N–H and O–H groups in total. The zero-order chi connectivity index (χ0) is 10.6. The van der Waals surface area contributed by atoms with Crippen molar-refractivity contribution in [1.82, 2.24) is 4.90 Å². The lowest BCUT2D eigenvalue weighted by atomic mass is 10.1. The Morgan fingerprint density at radius 3 is 2.57 bits per heavy atom. The van der Waals surface area contributed by atoms with Crippen LogP contribution in [-0.2, 0) is 6.42 Å². The summed E-state index contributed by atoms with van der Waals surface area (Å²) in [4.78, 5) is 2.14. The van der Waals surface area contributed by atoms with Gasteiger partial charge in [0, 0.05) is 18.3 Å². The Balaban J connectivity index is 2.69. The Morgan fingerprint density at radius 2 is 2.07 bits per heavy atom. The predicted molar refractivity (Wildman–Crippen MR) is 59.7 cm³/mol. The molecule has 14 heavy (non-hydrogen) atoms. The molecule has 0 aliphatic heterocycles. The third kappa shape index (κ3) is 2.92. The van der Waals surface area contributed by atoms with Gasteiger partial charge >= 0.3 is 0 Å². The fourth-order valence-corrected chi connectivity index (χ4v) is 1.27. The lowest BCUT2D eigenvalue weighted by molar-refractivity contribution is 0.411. The summed E-state index contributed by atoms with van der Waals surface area (Å²) in [5, 5.41) is 0. The Kier molecular flexibility index (Phi) is 3.77. The summed E-state index contributed by atoms with van der Waals surface area (Å²) >= 11 is 0. The van der Waals surface area contributed by atoms with Crippen LogP contribution in [-0.4, -0.2) is 32.6 Å². The van der Waals surface area contributed by atoms with Gasteiger partial charge in [0.1, 0.15) is 5.75 Å². The van der Waals surface area contributed by atoms with Crippen LogP contribution in [0.3, 0.4) is 0 Å². The molecule has 0 heterocycles. The maximum absolute atomic E-state index is 5.88. The van der Waals surface area contributed by atoms with E-state index in [2.05, 4.69) is 19.0 Å². The van der Waals surface area contributed by atoms with Gasteiger partial charge in [-0.15, -0.1) is 0 Å². The highest BCUT2D eigenvalue weighted by atomic mass is 16.5. The zero-order valence-corrected chi connectivity index (χ0v) is 9.08. The van der Waals surface area contributed by atoms with E-state index in [1.807, 2.05) is 18.2 Å². The number of hydrogen-bond acceptors (Lipinski definition) is 3. The molecule has 3 heteroatoms. The predicted octanol–water partition coefficient (Wildman–Crippen LogP) is 1.38. The normalized spacial score (nSPS) is 10.6. The largest absolute Gasteiger partial charge is 0.497 e. The number of ether oxygens (including phenoxy) is 1. The highest BCUT2D eigenvalue weighted by molar-refractivity contribution is 5.51. The number of rotatable bonds is 4. The molecule has 3 nitrogen and oxygen atoms in total. The van der Waals surface area contributed by atoms with Crippen molar-refractivity contribution in [2.24, 2.45) is 0 Å². The molecule has 0 bridgehead atoms. The second-order valence-corrected chi connectivity index (χ2v) is 3.62. The Morgan fingerprint density at radius 1 is 1.36 bits per heavy atom. The van der Waals surface area contributed by atoms with Gasteiger partial charge in [-0.2, -0.15) is 0 Å². The van der Waals surface area contributed by atoms with Crippen molar-refractivity contribution in [3.63, 3.8) is 0 Å². The van der Waals surface area contributed by atoms with Gasteiger partial charge in [0.15, 0.2) is 0 Å². The summed E-state index contributed by atoms with van der Waals surface area (Å²) in [6.45, 7) is 1.01. The summed E-state index contributed by atoms with van der Waals surface area (Å²) in [6, 6.07) is 5.84. The van der Waals surface area contributed by atoms with Gasteiger partial charge in [0.05, 0.1) is 7.11 Å². The Labute approximate surface area is 85.5 Å². The van der Waals surface area contributed by atoms with Crippen LogP contribution in [0.25, 0.3) is 0 Å². The summed E-state index contributed by atoms with van der Waals surface area (Å²) in [7, 11) is 5.76. The number of hydrogen-bond donors (Lipinski definition) is 1. The van der Waals surface area contributed by atoms with E-state index in [1.54, 1.807) is 7.11 Å². The first-order valence-corrected chi connectivity index (χ1v) is 4.70. The summed E-state index contributed by atoms with van der Waals surface area (Å²) in [6.07, 6.45) is 0.975. The molecule has 78 valence electrons. The molecule has 0 atom stereocenters. The standard InChI is InChI=1S/C11H18N2O/c1-13(2)7-6-9-4-5-10(14-3)8-11(9)12/h4-5,8H,6-7,12H2,1-3H3. The number of methoxy groups -OCH3 is 1. The van der Waals surface area contributed by atoms with E-state index in [0.717, 1.165) is 24.4 Å². The zero-order valence-electron chi connectivity index (χ0n) is 9.08. The minimum absolute atomic E-state index is 0.811. The van der Waals surface area contributed by atoms with Crippen molar-refractivity contribution in [2.75, 3.05) is 33.5 Å². The van der Waals surface area contributed by atoms with Gasteiger partial charge in [-0.25, -0.2) is 0 Å². The SMILES string of the molecule is COc1ccc(CCN(C)C)c(N)c1. The quantitative estimate of drug-likeness (QED) is 0.736. The Bertz CT molecular complexity index is 297. The molecule has 0 aromatic heterocycles. The number of nitrogens with zero attached hydrogens (tertiary/aromatic N) is 1. The van der Waals surface area contributed by atoms with Gasteiger partial charge in [0.25, 0.3) is 0 Å². The first-order chi connectivity index (χ1) is 6.63. The maximum Gasteiger partial charge on any atom is 0.120 e. The van der Waals surface area contributed by atoms with E-state index in [0.29, 0.717) is 0 Å². The number of nitrogens with two attached hydrogens (primary N) is 1. The van der Waals surface area contributed by atoms with E-state index in [-0.39, 0.29) is 0 Å². The minimum atomic E-state index is 0.811. The lowest BCUT2D eigenvalue weighted by Gasteiger charge is -2.11. The number of nitrogen functional groups attached to an aromatic ring is 1. The van der Waals surface area contributed by atoms with Crippen molar-refractivity contribution in [2.45, 2.75) is 6.42 Å². The average molecular weight is 194 g/mol. The highest BCUT2D eigenvalue weighted by Crippen LogP contribution is 2.19. The van der Waals surface area contributed by atoms with Gasteiger partial charge in [-0.1, -0.05) is 6.07 Å². The molecule has 0 amide bonds. The third-order valence-corrected chi connectivity index (χ3v) is 2.18. The van der Waals surface area contributed by atoms with E-state index in [4.69, 9.17) is 10.5 Å². The van der Waals surface area contributed by atoms with Crippen LogP contribution >= 0.6 is 0 Å². The van der Waals surface area contributed by atoms with Gasteiger partial charge in [0.2, 0.25) is 0 Å². The van der Waals surface area contributed by atoms with E-state index in [1.165, 1.54) is 5.56 Å². The van der Waals surface area contributed by atoms with Crippen LogP contribution in [0.5, 0.6) is 5.75 Å². The van der Waals surface area contributed by atoms with Gasteiger partial charge < -0.3 is 15.4 Å². The third-order valence-electron chi connectivity index (χ3n) is 2.18. The highest BCUT2D eigenvalue weighted by Gasteiger charge is 2.01. The van der Waals surface area contributed by atoms with Crippen LogP contribution in [0.2, 0.25) is 0 Å². The van der Waals surface area contributed by atoms with Crippen LogP contribution in [0.15, 0.2) is 18.2 Å². The molecule has 1 aromatic carbocycles. The molecule has 0 radical (unpaired) electrons. The average Bonchev–Trinajstić information content (AvgIpc) is 2.15. The fraction of sp³-hybridized carbons (Fsp3) is 0.455. The minimum Gasteiger partial charge on any atom is -0.497 e. The summed E-state index contributed by atoms with van der Waals surface area (Å²) in [5.74, 6) is 0.816. The molecule has 1 aromatic rings. The summed E-state index contributed by atoms with van der Waals surface area (Å²) in [5.41, 5.74) is 7.88. The summed E-state index contributed by atoms with van der Waals surface area (Å²) < 4.78 is 5.09. The second kappa shape index (κ2) is 4.86. The number of anilines is 1. The molecular formula is C11H18N2O. The number of likely N-dealkylation sites (N-methyl/N-ethyl adjacent to an activating group) is 1. The van der Waals surface area contributed by atoms with Crippen LogP contribution in [0, 0.1) is 0 Å². The lowest BCUT2D eigenvalue weighted by Crippen LogP contribution is -2.15. The molecule has 0 fully saturated rings. The van der Waals surface area contributed by atoms with Gasteiger partial charge in [-0.05, 0) is 32.1 Å². The molecule has 0 aliphatic carbocycles. The van der Waals surface area contributed by atoms with Crippen molar-refractivity contribution < 1.29 is 4.74 Å². The molecule has 0 saturated heterocycles. The van der Waals surface area contributed by atoms with E-state index < -0.39 is 0 Å². The van der Waals surface area contributed by atoms with Crippen LogP contribution in [0.1, 0.15) is 5.56 Å². The molecular weight excluding hydrogens is 176 g/mol. The van der Waals surface area contributed by atoms with Crippen molar-refractivity contribution in [3.8, 4) is 5.75 Å². The monoisotopic (exact) mass is 194 g/mol. The van der Waals surface area contributed by atoms with Crippen LogP contribution in [0.4, 0.5) is 5.69 Å². The van der Waals surface area contributed by atoms with Crippen molar-refractivity contribution >= 4 is 5.69 Å². The smallest absolute Gasteiger partial charge is 0.120 e. The Hall–Kier alpha value is -1.22. The fourth-order valence-electron chi connectivity index (χ4n) is 1.27. The van der Waals surface area contributed by atoms with Crippen LogP contribution < -0.4 is 10.5 Å². The van der Waals surface area contributed by atoms with E-state index >= 15 is 0 Å².